The second-order valence-corrected chi connectivity index (χ2v) is 4.68. The highest BCUT2D eigenvalue weighted by Gasteiger charge is 2.22. The number of fused-ring (bicyclic) bond motifs is 1. The summed E-state index contributed by atoms with van der Waals surface area (Å²) >= 11 is 0. The minimum atomic E-state index is 0.0900. The molecular formula is C13H16N2O2. The molecule has 1 aromatic carbocycles. The van der Waals surface area contributed by atoms with E-state index in [1.165, 1.54) is 5.69 Å². The number of carbonyl (C=O) groups excluding carboxylic acids is 1. The molecule has 1 N–H and O–H groups in total. The van der Waals surface area contributed by atoms with Crippen LogP contribution in [-0.2, 0) is 16.0 Å². The zero-order chi connectivity index (χ0) is 11.8. The predicted octanol–water partition coefficient (Wildman–Crippen LogP) is 1.41. The Balaban J connectivity index is 1.89. The van der Waals surface area contributed by atoms with Gasteiger partial charge in [-0.05, 0) is 30.7 Å². The van der Waals surface area contributed by atoms with Crippen molar-refractivity contribution in [2.75, 3.05) is 30.0 Å². The zero-order valence-corrected chi connectivity index (χ0v) is 9.90. The van der Waals surface area contributed by atoms with Crippen LogP contribution in [0.25, 0.3) is 0 Å². The molecule has 1 fully saturated rings. The molecule has 1 aromatic rings. The van der Waals surface area contributed by atoms with Gasteiger partial charge in [0.1, 0.15) is 0 Å². The van der Waals surface area contributed by atoms with E-state index < -0.39 is 0 Å². The van der Waals surface area contributed by atoms with Gasteiger partial charge < -0.3 is 15.0 Å². The van der Waals surface area contributed by atoms with Crippen LogP contribution in [-0.4, -0.2) is 31.7 Å². The quantitative estimate of drug-likeness (QED) is 0.796. The lowest BCUT2D eigenvalue weighted by atomic mass is 10.1. The van der Waals surface area contributed by atoms with Gasteiger partial charge in [0.15, 0.2) is 0 Å². The number of carbonyl (C=O) groups is 1. The lowest BCUT2D eigenvalue weighted by molar-refractivity contribution is -0.115. The topological polar surface area (TPSA) is 41.6 Å². The molecule has 0 unspecified atom stereocenters. The van der Waals surface area contributed by atoms with Crippen molar-refractivity contribution in [1.82, 2.24) is 0 Å². The zero-order valence-electron chi connectivity index (χ0n) is 9.90. The van der Waals surface area contributed by atoms with E-state index in [9.17, 15) is 4.79 Å². The smallest absolute Gasteiger partial charge is 0.228 e. The van der Waals surface area contributed by atoms with Crippen LogP contribution in [0.15, 0.2) is 18.2 Å². The number of hydrogen-bond donors (Lipinski definition) is 1. The highest BCUT2D eigenvalue weighted by Crippen LogP contribution is 2.29. The first-order valence-electron chi connectivity index (χ1n) is 6.01. The summed E-state index contributed by atoms with van der Waals surface area (Å²) in [6.45, 7) is 4.63. The van der Waals surface area contributed by atoms with Crippen molar-refractivity contribution in [3.63, 3.8) is 0 Å². The number of nitrogens with zero attached hydrogens (tertiary/aromatic N) is 1. The van der Waals surface area contributed by atoms with Gasteiger partial charge in [0.25, 0.3) is 0 Å². The summed E-state index contributed by atoms with van der Waals surface area (Å²) in [7, 11) is 0. The fraction of sp³-hybridized carbons (Fsp3) is 0.462. The Morgan fingerprint density at radius 2 is 2.35 bits per heavy atom. The molecule has 1 saturated heterocycles. The number of ether oxygens (including phenoxy) is 1. The predicted molar refractivity (Wildman–Crippen MR) is 66.4 cm³/mol. The number of nitrogens with one attached hydrogen (secondary N) is 1. The number of anilines is 2. The molecule has 1 atom stereocenters. The molecule has 0 saturated carbocycles. The molecule has 4 heteroatoms. The average molecular weight is 232 g/mol. The molecule has 90 valence electrons. The van der Waals surface area contributed by atoms with Crippen molar-refractivity contribution in [3.05, 3.63) is 23.8 Å². The normalized spacial score (nSPS) is 23.5. The van der Waals surface area contributed by atoms with Crippen LogP contribution in [0.2, 0.25) is 0 Å². The van der Waals surface area contributed by atoms with Gasteiger partial charge in [0.2, 0.25) is 5.91 Å². The van der Waals surface area contributed by atoms with Crippen LogP contribution in [0, 0.1) is 0 Å². The molecule has 0 aliphatic carbocycles. The van der Waals surface area contributed by atoms with Gasteiger partial charge in [0.05, 0.1) is 19.6 Å². The molecule has 4 nitrogen and oxygen atoms in total. The van der Waals surface area contributed by atoms with E-state index in [0.29, 0.717) is 12.5 Å². The Bertz CT molecular complexity index is 459. The second-order valence-electron chi connectivity index (χ2n) is 4.68. The summed E-state index contributed by atoms with van der Waals surface area (Å²) in [5, 5.41) is 2.86. The Hall–Kier alpha value is -1.55. The first kappa shape index (κ1) is 10.6. The van der Waals surface area contributed by atoms with Crippen molar-refractivity contribution in [1.29, 1.82) is 0 Å². The highest BCUT2D eigenvalue weighted by atomic mass is 16.5. The van der Waals surface area contributed by atoms with Crippen LogP contribution in [0.5, 0.6) is 0 Å². The third-order valence-corrected chi connectivity index (χ3v) is 3.41. The minimum Gasteiger partial charge on any atom is -0.377 e. The Labute approximate surface area is 101 Å². The van der Waals surface area contributed by atoms with Crippen LogP contribution < -0.4 is 10.2 Å². The molecule has 3 rings (SSSR count). The van der Waals surface area contributed by atoms with Gasteiger partial charge in [-0.15, -0.1) is 0 Å². The number of amides is 1. The van der Waals surface area contributed by atoms with Gasteiger partial charge in [-0.1, -0.05) is 0 Å². The number of hydrogen-bond acceptors (Lipinski definition) is 3. The monoisotopic (exact) mass is 232 g/mol. The molecule has 0 bridgehead atoms. The molecular weight excluding hydrogens is 216 g/mol. The van der Waals surface area contributed by atoms with Gasteiger partial charge >= 0.3 is 0 Å². The maximum absolute atomic E-state index is 11.3. The summed E-state index contributed by atoms with van der Waals surface area (Å²) in [5.74, 6) is 0.0900. The van der Waals surface area contributed by atoms with E-state index in [-0.39, 0.29) is 5.91 Å². The summed E-state index contributed by atoms with van der Waals surface area (Å²) in [5.41, 5.74) is 3.25. The number of morpholine rings is 1. The molecule has 2 aliphatic rings. The summed E-state index contributed by atoms with van der Waals surface area (Å²) < 4.78 is 5.44. The fourth-order valence-electron chi connectivity index (χ4n) is 2.51. The standard InChI is InChI=1S/C13H16N2O2/c1-9-8-17-5-4-15(9)11-2-3-12-10(6-11)7-13(16)14-12/h2-3,6,9H,4-5,7-8H2,1H3,(H,14,16)/t9-/m1/s1. The molecule has 17 heavy (non-hydrogen) atoms. The molecule has 1 amide bonds. The minimum absolute atomic E-state index is 0.0900. The molecule has 0 radical (unpaired) electrons. The average Bonchev–Trinajstić information content (AvgIpc) is 2.68. The van der Waals surface area contributed by atoms with Gasteiger partial charge in [-0.2, -0.15) is 0 Å². The lowest BCUT2D eigenvalue weighted by Crippen LogP contribution is -2.43. The highest BCUT2D eigenvalue weighted by molar-refractivity contribution is 5.99. The number of rotatable bonds is 1. The lowest BCUT2D eigenvalue weighted by Gasteiger charge is -2.35. The third kappa shape index (κ3) is 1.89. The second kappa shape index (κ2) is 4.04. The SMILES string of the molecule is C[C@@H]1COCCN1c1ccc2c(c1)CC(=O)N2. The van der Waals surface area contributed by atoms with E-state index >= 15 is 0 Å². The van der Waals surface area contributed by atoms with Gasteiger partial charge in [-0.3, -0.25) is 4.79 Å². The maximum atomic E-state index is 11.3. The van der Waals surface area contributed by atoms with Crippen LogP contribution in [0.4, 0.5) is 11.4 Å². The van der Waals surface area contributed by atoms with Crippen molar-refractivity contribution in [3.8, 4) is 0 Å². The van der Waals surface area contributed by atoms with Gasteiger partial charge in [-0.25, -0.2) is 0 Å². The van der Waals surface area contributed by atoms with Gasteiger partial charge in [0, 0.05) is 24.0 Å². The third-order valence-electron chi connectivity index (χ3n) is 3.41. The Morgan fingerprint density at radius 3 is 3.18 bits per heavy atom. The summed E-state index contributed by atoms with van der Waals surface area (Å²) in [6.07, 6.45) is 0.502. The van der Waals surface area contributed by atoms with Crippen molar-refractivity contribution in [2.45, 2.75) is 19.4 Å². The van der Waals surface area contributed by atoms with E-state index in [1.54, 1.807) is 0 Å². The van der Waals surface area contributed by atoms with E-state index in [4.69, 9.17) is 4.74 Å². The first-order chi connectivity index (χ1) is 8.24. The summed E-state index contributed by atoms with van der Waals surface area (Å²) in [6, 6.07) is 6.59. The van der Waals surface area contributed by atoms with Crippen molar-refractivity contribution in [2.24, 2.45) is 0 Å². The van der Waals surface area contributed by atoms with E-state index in [2.05, 4.69) is 29.3 Å². The van der Waals surface area contributed by atoms with E-state index in [0.717, 1.165) is 31.0 Å². The first-order valence-corrected chi connectivity index (χ1v) is 6.01. The summed E-state index contributed by atoms with van der Waals surface area (Å²) in [4.78, 5) is 13.6. The van der Waals surface area contributed by atoms with E-state index in [1.807, 2.05) is 6.07 Å². The number of benzene rings is 1. The Morgan fingerprint density at radius 1 is 1.47 bits per heavy atom. The molecule has 2 aliphatic heterocycles. The Kier molecular flexibility index (Phi) is 2.52. The molecule has 0 aromatic heterocycles. The molecule has 0 spiro atoms. The van der Waals surface area contributed by atoms with Crippen LogP contribution in [0.3, 0.4) is 0 Å². The van der Waals surface area contributed by atoms with Crippen molar-refractivity contribution < 1.29 is 9.53 Å². The largest absolute Gasteiger partial charge is 0.377 e. The molecule has 2 heterocycles. The fourth-order valence-corrected chi connectivity index (χ4v) is 2.51. The van der Waals surface area contributed by atoms with Crippen molar-refractivity contribution >= 4 is 17.3 Å². The maximum Gasteiger partial charge on any atom is 0.228 e. The van der Waals surface area contributed by atoms with Crippen LogP contribution in [0.1, 0.15) is 12.5 Å². The van der Waals surface area contributed by atoms with Crippen LogP contribution >= 0.6 is 0 Å².